The molecule has 0 aliphatic carbocycles. The maximum Gasteiger partial charge on any atom is 0.254 e. The Morgan fingerprint density at radius 1 is 1.20 bits per heavy atom. The lowest BCUT2D eigenvalue weighted by molar-refractivity contribution is 0.0302. The monoisotopic (exact) mass is 408 g/mol. The van der Waals surface area contributed by atoms with Gasteiger partial charge in [0, 0.05) is 41.2 Å². The van der Waals surface area contributed by atoms with Crippen LogP contribution in [0.15, 0.2) is 36.4 Å². The predicted octanol–water partition coefficient (Wildman–Crippen LogP) is 3.62. The Bertz CT molecular complexity index is 981. The van der Waals surface area contributed by atoms with Gasteiger partial charge in [-0.25, -0.2) is 0 Å². The van der Waals surface area contributed by atoms with E-state index in [4.69, 9.17) is 14.2 Å². The van der Waals surface area contributed by atoms with Crippen molar-refractivity contribution in [3.8, 4) is 11.5 Å². The third kappa shape index (κ3) is 2.93. The first kappa shape index (κ1) is 19.2. The first-order valence-corrected chi connectivity index (χ1v) is 10.6. The maximum absolute atomic E-state index is 13.0. The second kappa shape index (κ2) is 7.20. The lowest BCUT2D eigenvalue weighted by atomic mass is 9.65. The molecule has 6 nitrogen and oxygen atoms in total. The molecule has 0 radical (unpaired) electrons. The standard InChI is InChI=1S/C24H28N2O4/c1-24(2)17-13-15(23(27)26-9-11-29-12-10-26)7-8-19(17)25-21-16-5-4-6-20(28-3)22(16)30-14-18(21)24/h4-8,13,18,21,25H,9-12,14H2,1-3H3/t18-,21-/m1/s1. The molecule has 1 fully saturated rings. The Labute approximate surface area is 177 Å². The van der Waals surface area contributed by atoms with Gasteiger partial charge in [-0.1, -0.05) is 26.0 Å². The molecule has 5 rings (SSSR count). The van der Waals surface area contributed by atoms with Crippen molar-refractivity contribution >= 4 is 11.6 Å². The van der Waals surface area contributed by atoms with Gasteiger partial charge in [0.2, 0.25) is 0 Å². The number of morpholine rings is 1. The summed E-state index contributed by atoms with van der Waals surface area (Å²) in [4.78, 5) is 14.9. The van der Waals surface area contributed by atoms with Gasteiger partial charge in [0.25, 0.3) is 5.91 Å². The number of hydrogen-bond donors (Lipinski definition) is 1. The number of nitrogens with zero attached hydrogens (tertiary/aromatic N) is 1. The molecule has 0 bridgehead atoms. The van der Waals surface area contributed by atoms with Crippen LogP contribution >= 0.6 is 0 Å². The van der Waals surface area contributed by atoms with Crippen molar-refractivity contribution in [3.63, 3.8) is 0 Å². The normalized spacial score (nSPS) is 23.9. The number of carbonyl (C=O) groups excluding carboxylic acids is 1. The third-order valence-electron chi connectivity index (χ3n) is 6.87. The van der Waals surface area contributed by atoms with Gasteiger partial charge < -0.3 is 24.4 Å². The summed E-state index contributed by atoms with van der Waals surface area (Å²) in [7, 11) is 1.67. The number of rotatable bonds is 2. The number of ether oxygens (including phenoxy) is 3. The van der Waals surface area contributed by atoms with Crippen LogP contribution in [0, 0.1) is 5.92 Å². The molecule has 3 aliphatic heterocycles. The number of para-hydroxylation sites is 1. The van der Waals surface area contributed by atoms with E-state index in [-0.39, 0.29) is 23.3 Å². The lowest BCUT2D eigenvalue weighted by Crippen LogP contribution is -2.46. The first-order valence-electron chi connectivity index (χ1n) is 10.6. The van der Waals surface area contributed by atoms with Gasteiger partial charge in [-0.2, -0.15) is 0 Å². The second-order valence-corrected chi connectivity index (χ2v) is 8.80. The minimum Gasteiger partial charge on any atom is -0.493 e. The van der Waals surface area contributed by atoms with Crippen LogP contribution in [0.4, 0.5) is 5.69 Å². The number of anilines is 1. The summed E-state index contributed by atoms with van der Waals surface area (Å²) in [6.07, 6.45) is 0. The van der Waals surface area contributed by atoms with E-state index < -0.39 is 0 Å². The van der Waals surface area contributed by atoms with Gasteiger partial charge in [0.15, 0.2) is 11.5 Å². The Morgan fingerprint density at radius 3 is 2.77 bits per heavy atom. The van der Waals surface area contributed by atoms with E-state index in [9.17, 15) is 4.79 Å². The van der Waals surface area contributed by atoms with Crippen molar-refractivity contribution in [3.05, 3.63) is 53.1 Å². The Morgan fingerprint density at radius 2 is 2.00 bits per heavy atom. The molecule has 6 heteroatoms. The van der Waals surface area contributed by atoms with Crippen molar-refractivity contribution in [1.82, 2.24) is 4.90 Å². The van der Waals surface area contributed by atoms with Crippen LogP contribution in [0.5, 0.6) is 11.5 Å². The van der Waals surface area contributed by atoms with E-state index in [1.54, 1.807) is 7.11 Å². The summed E-state index contributed by atoms with van der Waals surface area (Å²) in [6.45, 7) is 7.60. The maximum atomic E-state index is 13.0. The zero-order valence-electron chi connectivity index (χ0n) is 17.7. The number of methoxy groups -OCH3 is 1. The van der Waals surface area contributed by atoms with Crippen LogP contribution in [0.25, 0.3) is 0 Å². The topological polar surface area (TPSA) is 60.0 Å². The number of amides is 1. The van der Waals surface area contributed by atoms with Crippen LogP contribution in [-0.2, 0) is 10.2 Å². The summed E-state index contributed by atoms with van der Waals surface area (Å²) < 4.78 is 17.1. The minimum absolute atomic E-state index is 0.0778. The summed E-state index contributed by atoms with van der Waals surface area (Å²) in [6, 6.07) is 12.2. The van der Waals surface area contributed by atoms with Crippen LogP contribution in [-0.4, -0.2) is 50.8 Å². The third-order valence-corrected chi connectivity index (χ3v) is 6.87. The highest BCUT2D eigenvalue weighted by atomic mass is 16.5. The highest BCUT2D eigenvalue weighted by Crippen LogP contribution is 2.53. The van der Waals surface area contributed by atoms with Gasteiger partial charge in [-0.05, 0) is 29.8 Å². The molecule has 0 unspecified atom stereocenters. The number of fused-ring (bicyclic) bond motifs is 4. The van der Waals surface area contributed by atoms with E-state index in [1.165, 1.54) is 0 Å². The quantitative estimate of drug-likeness (QED) is 0.823. The molecule has 2 aromatic carbocycles. The molecule has 30 heavy (non-hydrogen) atoms. The zero-order valence-corrected chi connectivity index (χ0v) is 17.7. The largest absolute Gasteiger partial charge is 0.493 e. The fourth-order valence-electron chi connectivity index (χ4n) is 5.03. The summed E-state index contributed by atoms with van der Waals surface area (Å²) in [5, 5.41) is 3.73. The highest BCUT2D eigenvalue weighted by molar-refractivity contribution is 5.95. The van der Waals surface area contributed by atoms with Crippen molar-refractivity contribution in [2.45, 2.75) is 25.3 Å². The lowest BCUT2D eigenvalue weighted by Gasteiger charge is -2.48. The van der Waals surface area contributed by atoms with Crippen LogP contribution in [0.1, 0.15) is 41.4 Å². The smallest absolute Gasteiger partial charge is 0.254 e. The molecule has 0 aromatic heterocycles. The number of hydrogen-bond acceptors (Lipinski definition) is 5. The molecular formula is C24H28N2O4. The average molecular weight is 408 g/mol. The molecule has 158 valence electrons. The molecule has 2 aromatic rings. The Kier molecular flexibility index (Phi) is 4.62. The van der Waals surface area contributed by atoms with Crippen molar-refractivity contribution in [1.29, 1.82) is 0 Å². The molecule has 0 spiro atoms. The fraction of sp³-hybridized carbons (Fsp3) is 0.458. The number of benzene rings is 2. The van der Waals surface area contributed by atoms with Gasteiger partial charge in [0.1, 0.15) is 0 Å². The first-order chi connectivity index (χ1) is 14.5. The zero-order chi connectivity index (χ0) is 20.9. The summed E-state index contributed by atoms with van der Waals surface area (Å²) in [5.41, 5.74) is 3.95. The Balaban J connectivity index is 1.52. The highest BCUT2D eigenvalue weighted by Gasteiger charge is 2.47. The summed E-state index contributed by atoms with van der Waals surface area (Å²) in [5.74, 6) is 1.90. The van der Waals surface area contributed by atoms with E-state index in [1.807, 2.05) is 23.1 Å². The Hall–Kier alpha value is -2.73. The van der Waals surface area contributed by atoms with E-state index >= 15 is 0 Å². The second-order valence-electron chi connectivity index (χ2n) is 8.80. The number of carbonyl (C=O) groups is 1. The van der Waals surface area contributed by atoms with Gasteiger partial charge in [-0.15, -0.1) is 0 Å². The van der Waals surface area contributed by atoms with Gasteiger partial charge >= 0.3 is 0 Å². The van der Waals surface area contributed by atoms with Gasteiger partial charge in [0.05, 0.1) is 33.0 Å². The SMILES string of the molecule is COc1cccc2c1OC[C@@H]1[C@@H]2Nc2ccc(C(=O)N3CCOCC3)cc2C1(C)C. The van der Waals surface area contributed by atoms with Crippen molar-refractivity contribution in [2.75, 3.05) is 45.3 Å². The van der Waals surface area contributed by atoms with E-state index in [0.29, 0.717) is 32.9 Å². The molecule has 1 N–H and O–H groups in total. The number of nitrogens with one attached hydrogen (secondary N) is 1. The minimum atomic E-state index is -0.159. The molecule has 1 amide bonds. The molecule has 1 saturated heterocycles. The molecule has 0 saturated carbocycles. The van der Waals surface area contributed by atoms with Crippen LogP contribution < -0.4 is 14.8 Å². The van der Waals surface area contributed by atoms with Crippen molar-refractivity contribution in [2.24, 2.45) is 5.92 Å². The molecule has 3 heterocycles. The van der Waals surface area contributed by atoms with E-state index in [2.05, 4.69) is 37.4 Å². The molecule has 3 aliphatic rings. The molecular weight excluding hydrogens is 380 g/mol. The van der Waals surface area contributed by atoms with Crippen LogP contribution in [0.2, 0.25) is 0 Å². The van der Waals surface area contributed by atoms with E-state index in [0.717, 1.165) is 33.9 Å². The van der Waals surface area contributed by atoms with Crippen LogP contribution in [0.3, 0.4) is 0 Å². The predicted molar refractivity (Wildman–Crippen MR) is 115 cm³/mol. The summed E-state index contributed by atoms with van der Waals surface area (Å²) >= 11 is 0. The van der Waals surface area contributed by atoms with Crippen molar-refractivity contribution < 1.29 is 19.0 Å². The molecule has 2 atom stereocenters. The van der Waals surface area contributed by atoms with Gasteiger partial charge in [-0.3, -0.25) is 4.79 Å². The average Bonchev–Trinajstić information content (AvgIpc) is 2.78. The fourth-order valence-corrected chi connectivity index (χ4v) is 5.03.